The first kappa shape index (κ1) is 21.8. The third-order valence-corrected chi connectivity index (χ3v) is 5.58. The Balaban J connectivity index is 0.000000660. The van der Waals surface area contributed by atoms with Gasteiger partial charge < -0.3 is 9.80 Å². The number of para-hydroxylation sites is 1. The van der Waals surface area contributed by atoms with Crippen LogP contribution in [-0.2, 0) is 0 Å². The van der Waals surface area contributed by atoms with Crippen LogP contribution in [-0.4, -0.2) is 17.1 Å². The summed E-state index contributed by atoms with van der Waals surface area (Å²) >= 11 is 0. The van der Waals surface area contributed by atoms with Gasteiger partial charge in [0, 0.05) is 11.1 Å². The Labute approximate surface area is 172 Å². The quantitative estimate of drug-likeness (QED) is 0.557. The summed E-state index contributed by atoms with van der Waals surface area (Å²) in [5, 5.41) is 0. The summed E-state index contributed by atoms with van der Waals surface area (Å²) in [6.07, 6.45) is 12.0. The number of hydrogen-bond donors (Lipinski definition) is 0. The minimum atomic E-state index is 0.0459. The molecule has 0 N–H and O–H groups in total. The fourth-order valence-electron chi connectivity index (χ4n) is 4.61. The Morgan fingerprint density at radius 3 is 2.14 bits per heavy atom. The zero-order chi connectivity index (χ0) is 20.9. The first-order valence-electron chi connectivity index (χ1n) is 10.6. The van der Waals surface area contributed by atoms with Gasteiger partial charge in [-0.05, 0) is 36.3 Å². The van der Waals surface area contributed by atoms with Crippen molar-refractivity contribution in [1.82, 2.24) is 4.90 Å². The second-order valence-electron chi connectivity index (χ2n) is 7.19. The molecule has 0 saturated carbocycles. The third kappa shape index (κ3) is 3.26. The highest BCUT2D eigenvalue weighted by Crippen LogP contribution is 2.55. The number of hydrogen-bond acceptors (Lipinski definition) is 2. The van der Waals surface area contributed by atoms with Crippen LogP contribution in [0.5, 0.6) is 0 Å². The molecule has 2 atom stereocenters. The summed E-state index contributed by atoms with van der Waals surface area (Å²) in [5.41, 5.74) is 5.11. The number of anilines is 1. The standard InChI is InChI=1S/C22H24N2.2C2H6/c1-5-18-19(6-2)24-20-15-11-10-14-17(20)22(3,4)21(24)23(18)16-12-8-7-9-13-16;2*1-2/h5-14,20-21H,1-2,15H2,3-4H3;2*1-2H3. The first-order valence-corrected chi connectivity index (χ1v) is 10.6. The molecule has 1 saturated heterocycles. The van der Waals surface area contributed by atoms with E-state index in [1.807, 2.05) is 39.8 Å². The van der Waals surface area contributed by atoms with Gasteiger partial charge in [-0.1, -0.05) is 91.1 Å². The van der Waals surface area contributed by atoms with Crippen LogP contribution in [0.15, 0.2) is 90.8 Å². The Hall–Kier alpha value is -2.48. The van der Waals surface area contributed by atoms with E-state index in [2.05, 4.69) is 85.4 Å². The second-order valence-corrected chi connectivity index (χ2v) is 7.19. The average molecular weight is 377 g/mol. The number of allylic oxidation sites excluding steroid dienone is 4. The maximum absolute atomic E-state index is 4.10. The summed E-state index contributed by atoms with van der Waals surface area (Å²) in [5.74, 6) is 0. The third-order valence-electron chi connectivity index (χ3n) is 5.58. The zero-order valence-electron chi connectivity index (χ0n) is 18.4. The minimum absolute atomic E-state index is 0.0459. The molecule has 2 nitrogen and oxygen atoms in total. The van der Waals surface area contributed by atoms with Crippen LogP contribution in [0.25, 0.3) is 0 Å². The molecule has 0 aromatic heterocycles. The molecule has 150 valence electrons. The molecular weight excluding hydrogens is 340 g/mol. The maximum atomic E-state index is 4.10. The van der Waals surface area contributed by atoms with Gasteiger partial charge in [-0.25, -0.2) is 0 Å². The van der Waals surface area contributed by atoms with E-state index >= 15 is 0 Å². The average Bonchev–Trinajstić information content (AvgIpc) is 3.22. The van der Waals surface area contributed by atoms with Crippen molar-refractivity contribution in [3.05, 3.63) is 90.8 Å². The lowest BCUT2D eigenvalue weighted by atomic mass is 9.79. The lowest BCUT2D eigenvalue weighted by Crippen LogP contribution is -2.45. The number of benzene rings is 1. The van der Waals surface area contributed by atoms with Crippen molar-refractivity contribution in [3.8, 4) is 0 Å². The van der Waals surface area contributed by atoms with Gasteiger partial charge in [-0.15, -0.1) is 0 Å². The van der Waals surface area contributed by atoms with E-state index in [0.717, 1.165) is 12.1 Å². The Morgan fingerprint density at radius 2 is 1.57 bits per heavy atom. The second kappa shape index (κ2) is 9.14. The molecule has 1 aromatic carbocycles. The molecule has 4 rings (SSSR count). The zero-order valence-corrected chi connectivity index (χ0v) is 18.4. The molecule has 3 aliphatic rings. The van der Waals surface area contributed by atoms with E-state index in [0.29, 0.717) is 6.04 Å². The van der Waals surface area contributed by atoms with Gasteiger partial charge in [0.1, 0.15) is 6.17 Å². The molecule has 0 radical (unpaired) electrons. The largest absolute Gasteiger partial charge is 0.341 e. The summed E-state index contributed by atoms with van der Waals surface area (Å²) in [7, 11) is 0. The Bertz CT molecular complexity index is 780. The molecule has 2 heterocycles. The lowest BCUT2D eigenvalue weighted by molar-refractivity contribution is 0.230. The fraction of sp³-hybridized carbons (Fsp3) is 0.385. The van der Waals surface area contributed by atoms with Crippen LogP contribution in [0.4, 0.5) is 5.69 Å². The summed E-state index contributed by atoms with van der Waals surface area (Å²) in [6.45, 7) is 20.9. The van der Waals surface area contributed by atoms with Crippen molar-refractivity contribution in [1.29, 1.82) is 0 Å². The number of fused-ring (bicyclic) bond motifs is 3. The van der Waals surface area contributed by atoms with Crippen molar-refractivity contribution < 1.29 is 0 Å². The minimum Gasteiger partial charge on any atom is -0.341 e. The number of nitrogens with zero attached hydrogens (tertiary/aromatic N) is 2. The van der Waals surface area contributed by atoms with E-state index in [1.165, 1.54) is 17.0 Å². The van der Waals surface area contributed by atoms with Gasteiger partial charge in [-0.3, -0.25) is 0 Å². The molecule has 0 spiro atoms. The van der Waals surface area contributed by atoms with Crippen molar-refractivity contribution in [3.63, 3.8) is 0 Å². The lowest BCUT2D eigenvalue weighted by Gasteiger charge is -2.37. The smallest absolute Gasteiger partial charge is 0.116 e. The molecule has 0 bridgehead atoms. The van der Waals surface area contributed by atoms with Gasteiger partial charge in [0.15, 0.2) is 0 Å². The summed E-state index contributed by atoms with van der Waals surface area (Å²) in [4.78, 5) is 4.98. The van der Waals surface area contributed by atoms with Crippen molar-refractivity contribution in [2.75, 3.05) is 4.90 Å². The highest BCUT2D eigenvalue weighted by Gasteiger charge is 2.57. The Kier molecular flexibility index (Phi) is 7.12. The van der Waals surface area contributed by atoms with Gasteiger partial charge in [0.25, 0.3) is 0 Å². The maximum Gasteiger partial charge on any atom is 0.116 e. The molecule has 2 unspecified atom stereocenters. The van der Waals surface area contributed by atoms with E-state index in [9.17, 15) is 0 Å². The predicted octanol–water partition coefficient (Wildman–Crippen LogP) is 7.07. The number of rotatable bonds is 3. The van der Waals surface area contributed by atoms with Gasteiger partial charge in [0.2, 0.25) is 0 Å². The molecule has 1 aromatic rings. The van der Waals surface area contributed by atoms with Crippen LogP contribution in [0.2, 0.25) is 0 Å². The fourth-order valence-corrected chi connectivity index (χ4v) is 4.61. The van der Waals surface area contributed by atoms with Gasteiger partial charge in [-0.2, -0.15) is 0 Å². The monoisotopic (exact) mass is 376 g/mol. The molecular formula is C26H36N2. The first-order chi connectivity index (χ1) is 13.6. The van der Waals surface area contributed by atoms with E-state index in [1.54, 1.807) is 0 Å². The molecule has 2 heteroatoms. The molecule has 1 aliphatic carbocycles. The molecule has 0 amide bonds. The normalized spacial score (nSPS) is 23.6. The van der Waals surface area contributed by atoms with Crippen LogP contribution < -0.4 is 4.90 Å². The van der Waals surface area contributed by atoms with Crippen LogP contribution in [0.3, 0.4) is 0 Å². The molecule has 28 heavy (non-hydrogen) atoms. The van der Waals surface area contributed by atoms with Gasteiger partial charge in [0.05, 0.1) is 17.4 Å². The van der Waals surface area contributed by atoms with Crippen molar-refractivity contribution >= 4 is 5.69 Å². The summed E-state index contributed by atoms with van der Waals surface area (Å²) in [6, 6.07) is 11.0. The molecule has 2 aliphatic heterocycles. The van der Waals surface area contributed by atoms with Crippen molar-refractivity contribution in [2.24, 2.45) is 5.41 Å². The van der Waals surface area contributed by atoms with Crippen LogP contribution in [0, 0.1) is 5.41 Å². The van der Waals surface area contributed by atoms with E-state index in [4.69, 9.17) is 0 Å². The Morgan fingerprint density at radius 1 is 0.964 bits per heavy atom. The highest BCUT2D eigenvalue weighted by atomic mass is 15.5. The van der Waals surface area contributed by atoms with E-state index < -0.39 is 0 Å². The van der Waals surface area contributed by atoms with E-state index in [-0.39, 0.29) is 11.6 Å². The predicted molar refractivity (Wildman–Crippen MR) is 124 cm³/mol. The van der Waals surface area contributed by atoms with Crippen LogP contribution in [0.1, 0.15) is 48.0 Å². The van der Waals surface area contributed by atoms with Crippen LogP contribution >= 0.6 is 0 Å². The SMILES string of the molecule is C=CC1=C(C=C)N2C3CC=CC=C3C(C)(C)C2N1c1ccccc1.CC.CC. The van der Waals surface area contributed by atoms with Crippen molar-refractivity contribution in [2.45, 2.75) is 60.2 Å². The summed E-state index contributed by atoms with van der Waals surface area (Å²) < 4.78 is 0. The van der Waals surface area contributed by atoms with Gasteiger partial charge >= 0.3 is 0 Å². The highest BCUT2D eigenvalue weighted by molar-refractivity contribution is 5.64. The molecule has 1 fully saturated rings. The topological polar surface area (TPSA) is 6.48 Å².